The number of methoxy groups -OCH3 is 1. The van der Waals surface area contributed by atoms with E-state index in [1.165, 1.54) is 31.0 Å². The van der Waals surface area contributed by atoms with Gasteiger partial charge < -0.3 is 4.74 Å². The molecule has 16 heavy (non-hydrogen) atoms. The fraction of sp³-hybridized carbons (Fsp3) is 0.300. The number of alkyl halides is 3. The summed E-state index contributed by atoms with van der Waals surface area (Å²) in [5, 5.41) is 0. The van der Waals surface area contributed by atoms with Crippen molar-refractivity contribution >= 4 is 17.5 Å². The second kappa shape index (κ2) is 4.78. The molecule has 0 N–H and O–H groups in total. The molecule has 2 nitrogen and oxygen atoms in total. The molecule has 0 atom stereocenters. The van der Waals surface area contributed by atoms with Crippen LogP contribution in [0.15, 0.2) is 23.1 Å². The van der Waals surface area contributed by atoms with Crippen LogP contribution in [0.4, 0.5) is 13.2 Å². The van der Waals surface area contributed by atoms with Gasteiger partial charge >= 0.3 is 6.18 Å². The number of thioether (sulfide) groups is 1. The maximum Gasteiger partial charge on any atom is 0.455 e. The minimum atomic E-state index is -4.88. The first kappa shape index (κ1) is 12.9. The zero-order chi connectivity index (χ0) is 12.3. The average molecular weight is 250 g/mol. The van der Waals surface area contributed by atoms with E-state index in [1.54, 1.807) is 6.26 Å². The van der Waals surface area contributed by atoms with Crippen LogP contribution in [0.25, 0.3) is 0 Å². The van der Waals surface area contributed by atoms with Crippen LogP contribution < -0.4 is 4.74 Å². The van der Waals surface area contributed by atoms with Gasteiger partial charge in [-0.15, -0.1) is 11.8 Å². The molecular formula is C10H9F3O2S. The van der Waals surface area contributed by atoms with Gasteiger partial charge in [0.25, 0.3) is 5.78 Å². The van der Waals surface area contributed by atoms with Crippen LogP contribution in [0.1, 0.15) is 10.4 Å². The Morgan fingerprint density at radius 2 is 2.00 bits per heavy atom. The van der Waals surface area contributed by atoms with Crippen molar-refractivity contribution in [3.05, 3.63) is 23.8 Å². The number of benzene rings is 1. The SMILES string of the molecule is COc1cc(SC)ccc1C(=O)C(F)(F)F. The van der Waals surface area contributed by atoms with Crippen LogP contribution in [0.2, 0.25) is 0 Å². The monoisotopic (exact) mass is 250 g/mol. The molecule has 0 saturated heterocycles. The molecule has 0 spiro atoms. The number of hydrogen-bond acceptors (Lipinski definition) is 3. The van der Waals surface area contributed by atoms with Gasteiger partial charge in [0, 0.05) is 4.90 Å². The molecule has 88 valence electrons. The number of Topliss-reactive ketones (excluding diaryl/α,β-unsaturated/α-hetero) is 1. The lowest BCUT2D eigenvalue weighted by Crippen LogP contribution is -2.23. The molecule has 0 saturated carbocycles. The smallest absolute Gasteiger partial charge is 0.455 e. The summed E-state index contributed by atoms with van der Waals surface area (Å²) in [4.78, 5) is 11.8. The van der Waals surface area contributed by atoms with Gasteiger partial charge in [-0.1, -0.05) is 0 Å². The predicted octanol–water partition coefficient (Wildman–Crippen LogP) is 3.16. The van der Waals surface area contributed by atoms with Crippen molar-refractivity contribution in [2.75, 3.05) is 13.4 Å². The lowest BCUT2D eigenvalue weighted by molar-refractivity contribution is -0.0886. The van der Waals surface area contributed by atoms with Crippen LogP contribution >= 0.6 is 11.8 Å². The Morgan fingerprint density at radius 3 is 2.44 bits per heavy atom. The molecule has 0 heterocycles. The van der Waals surface area contributed by atoms with E-state index in [9.17, 15) is 18.0 Å². The first-order valence-corrected chi connectivity index (χ1v) is 5.46. The van der Waals surface area contributed by atoms with Gasteiger partial charge in [-0.25, -0.2) is 0 Å². The average Bonchev–Trinajstić information content (AvgIpc) is 2.26. The summed E-state index contributed by atoms with van der Waals surface area (Å²) < 4.78 is 41.4. The van der Waals surface area contributed by atoms with Gasteiger partial charge in [0.2, 0.25) is 0 Å². The first-order chi connectivity index (χ1) is 7.40. The molecule has 0 aliphatic heterocycles. The summed E-state index contributed by atoms with van der Waals surface area (Å²) in [6.45, 7) is 0. The van der Waals surface area contributed by atoms with Crippen LogP contribution in [0.5, 0.6) is 5.75 Å². The summed E-state index contributed by atoms with van der Waals surface area (Å²) >= 11 is 1.35. The minimum absolute atomic E-state index is 0.0609. The largest absolute Gasteiger partial charge is 0.496 e. The van der Waals surface area contributed by atoms with E-state index in [4.69, 9.17) is 4.74 Å². The molecule has 0 aromatic heterocycles. The molecule has 0 unspecified atom stereocenters. The number of carbonyl (C=O) groups is 1. The third-order valence-corrected chi connectivity index (χ3v) is 2.64. The van der Waals surface area contributed by atoms with Crippen molar-refractivity contribution in [2.24, 2.45) is 0 Å². The Balaban J connectivity index is 3.19. The van der Waals surface area contributed by atoms with E-state index < -0.39 is 17.5 Å². The van der Waals surface area contributed by atoms with Crippen molar-refractivity contribution < 1.29 is 22.7 Å². The third kappa shape index (κ3) is 2.69. The Morgan fingerprint density at radius 1 is 1.38 bits per heavy atom. The highest BCUT2D eigenvalue weighted by atomic mass is 32.2. The van der Waals surface area contributed by atoms with Crippen LogP contribution in [-0.4, -0.2) is 25.3 Å². The van der Waals surface area contributed by atoms with Gasteiger partial charge in [-0.2, -0.15) is 13.2 Å². The Hall–Kier alpha value is -1.17. The second-order valence-electron chi connectivity index (χ2n) is 2.89. The highest BCUT2D eigenvalue weighted by Crippen LogP contribution is 2.30. The van der Waals surface area contributed by atoms with Gasteiger partial charge in [0.15, 0.2) is 0 Å². The zero-order valence-corrected chi connectivity index (χ0v) is 9.41. The third-order valence-electron chi connectivity index (χ3n) is 1.91. The molecule has 0 fully saturated rings. The normalized spacial score (nSPS) is 11.3. The highest BCUT2D eigenvalue weighted by Gasteiger charge is 2.40. The highest BCUT2D eigenvalue weighted by molar-refractivity contribution is 7.98. The zero-order valence-electron chi connectivity index (χ0n) is 8.59. The van der Waals surface area contributed by atoms with E-state index >= 15 is 0 Å². The Bertz CT molecular complexity index is 402. The lowest BCUT2D eigenvalue weighted by atomic mass is 10.1. The summed E-state index contributed by atoms with van der Waals surface area (Å²) in [6.07, 6.45) is -3.10. The van der Waals surface area contributed by atoms with Crippen molar-refractivity contribution in [2.45, 2.75) is 11.1 Å². The standard InChI is InChI=1S/C10H9F3O2S/c1-15-8-5-6(16-2)3-4-7(8)9(14)10(11,12)13/h3-5H,1-2H3. The number of ketones is 1. The molecule has 1 rings (SSSR count). The number of carbonyl (C=O) groups excluding carboxylic acids is 1. The molecule has 0 aliphatic carbocycles. The van der Waals surface area contributed by atoms with Crippen LogP contribution in [0.3, 0.4) is 0 Å². The van der Waals surface area contributed by atoms with Gasteiger partial charge in [-0.3, -0.25) is 4.79 Å². The van der Waals surface area contributed by atoms with E-state index in [-0.39, 0.29) is 5.75 Å². The van der Waals surface area contributed by atoms with Crippen molar-refractivity contribution in [3.8, 4) is 5.75 Å². The predicted molar refractivity (Wildman–Crippen MR) is 55.2 cm³/mol. The van der Waals surface area contributed by atoms with E-state index in [0.29, 0.717) is 0 Å². The molecular weight excluding hydrogens is 241 g/mol. The first-order valence-electron chi connectivity index (χ1n) is 4.23. The second-order valence-corrected chi connectivity index (χ2v) is 3.77. The Kier molecular flexibility index (Phi) is 3.85. The fourth-order valence-corrected chi connectivity index (χ4v) is 1.57. The van der Waals surface area contributed by atoms with Crippen LogP contribution in [0, 0.1) is 0 Å². The molecule has 0 bridgehead atoms. The van der Waals surface area contributed by atoms with E-state index in [1.807, 2.05) is 0 Å². The van der Waals surface area contributed by atoms with Gasteiger partial charge in [0.1, 0.15) is 5.75 Å². The van der Waals surface area contributed by atoms with Gasteiger partial charge in [0.05, 0.1) is 12.7 Å². The minimum Gasteiger partial charge on any atom is -0.496 e. The molecule has 1 aromatic carbocycles. The van der Waals surface area contributed by atoms with Gasteiger partial charge in [-0.05, 0) is 24.5 Å². The lowest BCUT2D eigenvalue weighted by Gasteiger charge is -2.10. The van der Waals surface area contributed by atoms with Crippen molar-refractivity contribution in [3.63, 3.8) is 0 Å². The summed E-state index contributed by atoms with van der Waals surface area (Å²) in [5.74, 6) is -1.95. The number of ether oxygens (including phenoxy) is 1. The number of rotatable bonds is 3. The topological polar surface area (TPSA) is 26.3 Å². The van der Waals surface area contributed by atoms with Crippen molar-refractivity contribution in [1.82, 2.24) is 0 Å². The molecule has 0 aliphatic rings. The maximum atomic E-state index is 12.2. The number of hydrogen-bond donors (Lipinski definition) is 0. The summed E-state index contributed by atoms with van der Waals surface area (Å²) in [7, 11) is 1.23. The molecule has 0 amide bonds. The molecule has 6 heteroatoms. The summed E-state index contributed by atoms with van der Waals surface area (Å²) in [5.41, 5.74) is -0.465. The maximum absolute atomic E-state index is 12.2. The van der Waals surface area contributed by atoms with Crippen LogP contribution in [-0.2, 0) is 0 Å². The Labute approximate surface area is 94.8 Å². The molecule has 0 radical (unpaired) electrons. The van der Waals surface area contributed by atoms with Crippen molar-refractivity contribution in [1.29, 1.82) is 0 Å². The summed E-state index contributed by atoms with van der Waals surface area (Å²) in [6, 6.07) is 3.98. The fourth-order valence-electron chi connectivity index (χ4n) is 1.14. The number of halogens is 3. The molecule has 1 aromatic rings. The van der Waals surface area contributed by atoms with E-state index in [0.717, 1.165) is 11.0 Å². The van der Waals surface area contributed by atoms with E-state index in [2.05, 4.69) is 0 Å². The quantitative estimate of drug-likeness (QED) is 0.609.